The van der Waals surface area contributed by atoms with E-state index >= 15 is 0 Å². The van der Waals surface area contributed by atoms with Crippen molar-refractivity contribution in [3.8, 4) is 11.5 Å². The zero-order chi connectivity index (χ0) is 24.7. The molecule has 2 amide bonds. The van der Waals surface area contributed by atoms with Gasteiger partial charge in [-0.3, -0.25) is 9.59 Å². The van der Waals surface area contributed by atoms with Gasteiger partial charge >= 0.3 is 5.97 Å². The van der Waals surface area contributed by atoms with Crippen LogP contribution in [-0.4, -0.2) is 38.6 Å². The second kappa shape index (κ2) is 11.2. The van der Waals surface area contributed by atoms with Gasteiger partial charge in [-0.25, -0.2) is 4.79 Å². The summed E-state index contributed by atoms with van der Waals surface area (Å²) >= 11 is 6.11. The molecule has 0 bridgehead atoms. The molecule has 0 saturated carbocycles. The van der Waals surface area contributed by atoms with Crippen LogP contribution >= 0.6 is 11.6 Å². The molecule has 176 valence electrons. The van der Waals surface area contributed by atoms with Crippen molar-refractivity contribution in [1.82, 2.24) is 0 Å². The van der Waals surface area contributed by atoms with Gasteiger partial charge in [-0.1, -0.05) is 41.4 Å². The second-order valence-corrected chi connectivity index (χ2v) is 7.58. The van der Waals surface area contributed by atoms with Crippen LogP contribution < -0.4 is 20.1 Å². The Labute approximate surface area is 201 Å². The number of nitrogens with one attached hydrogen (secondary N) is 2. The summed E-state index contributed by atoms with van der Waals surface area (Å²) in [4.78, 5) is 37.8. The molecule has 0 aliphatic carbocycles. The molecule has 0 spiro atoms. The van der Waals surface area contributed by atoms with E-state index in [0.717, 1.165) is 5.56 Å². The van der Waals surface area contributed by atoms with Gasteiger partial charge in [-0.15, -0.1) is 0 Å². The molecular weight excluding hydrogens is 460 g/mol. The van der Waals surface area contributed by atoms with Crippen LogP contribution in [0.25, 0.3) is 0 Å². The molecule has 0 fully saturated rings. The van der Waals surface area contributed by atoms with Crippen molar-refractivity contribution < 1.29 is 28.6 Å². The maximum absolute atomic E-state index is 12.8. The first-order chi connectivity index (χ1) is 16.3. The Bertz CT molecular complexity index is 1210. The monoisotopic (exact) mass is 482 g/mol. The van der Waals surface area contributed by atoms with Crippen molar-refractivity contribution in [2.45, 2.75) is 6.92 Å². The van der Waals surface area contributed by atoms with E-state index < -0.39 is 24.4 Å². The highest BCUT2D eigenvalue weighted by atomic mass is 35.5. The minimum absolute atomic E-state index is 0.0267. The molecule has 8 nitrogen and oxygen atoms in total. The van der Waals surface area contributed by atoms with Crippen molar-refractivity contribution >= 4 is 40.8 Å². The third-order valence-electron chi connectivity index (χ3n) is 4.78. The summed E-state index contributed by atoms with van der Waals surface area (Å²) in [6.45, 7) is 1.40. The van der Waals surface area contributed by atoms with Crippen LogP contribution in [0, 0.1) is 6.92 Å². The number of carbonyl (C=O) groups is 3. The summed E-state index contributed by atoms with van der Waals surface area (Å²) in [6, 6.07) is 16.4. The molecule has 0 heterocycles. The number of esters is 1. The maximum Gasteiger partial charge on any atom is 0.340 e. The van der Waals surface area contributed by atoms with E-state index in [1.54, 1.807) is 36.4 Å². The molecule has 2 N–H and O–H groups in total. The van der Waals surface area contributed by atoms with Gasteiger partial charge in [-0.05, 0) is 31.2 Å². The lowest BCUT2D eigenvalue weighted by Crippen LogP contribution is -2.22. The number of benzene rings is 3. The average molecular weight is 483 g/mol. The quantitative estimate of drug-likeness (QED) is 0.450. The minimum atomic E-state index is -0.838. The van der Waals surface area contributed by atoms with Gasteiger partial charge in [0.2, 0.25) is 0 Å². The van der Waals surface area contributed by atoms with E-state index in [1.807, 2.05) is 19.1 Å². The zero-order valence-corrected chi connectivity index (χ0v) is 19.6. The Morgan fingerprint density at radius 2 is 1.50 bits per heavy atom. The number of hydrogen-bond donors (Lipinski definition) is 2. The van der Waals surface area contributed by atoms with Crippen LogP contribution in [0.1, 0.15) is 26.3 Å². The van der Waals surface area contributed by atoms with Crippen molar-refractivity contribution in [1.29, 1.82) is 0 Å². The number of aryl methyl sites for hydroxylation is 1. The van der Waals surface area contributed by atoms with E-state index in [4.69, 9.17) is 25.8 Å². The van der Waals surface area contributed by atoms with Gasteiger partial charge in [0.1, 0.15) is 0 Å². The Kier molecular flexibility index (Phi) is 8.10. The Hall–Kier alpha value is -4.04. The molecule has 0 radical (unpaired) electrons. The standard InChI is InChI=1S/C25H23ClN2O6/c1-15-8-10-16(11-9-15)27-23(29)14-34-25(31)18-12-21(32-2)22(33-3)13-20(18)28-24(30)17-6-4-5-7-19(17)26/h4-13H,14H2,1-3H3,(H,27,29)(H,28,30). The minimum Gasteiger partial charge on any atom is -0.493 e. The number of rotatable bonds is 8. The molecule has 0 saturated heterocycles. The molecule has 0 unspecified atom stereocenters. The third kappa shape index (κ3) is 6.05. The Morgan fingerprint density at radius 1 is 0.853 bits per heavy atom. The topological polar surface area (TPSA) is 103 Å². The number of methoxy groups -OCH3 is 2. The normalized spacial score (nSPS) is 10.2. The van der Waals surface area contributed by atoms with Crippen molar-refractivity contribution in [2.75, 3.05) is 31.5 Å². The largest absolute Gasteiger partial charge is 0.493 e. The molecule has 3 aromatic carbocycles. The molecule has 0 aromatic heterocycles. The summed E-state index contributed by atoms with van der Waals surface area (Å²) in [5.41, 5.74) is 1.91. The summed E-state index contributed by atoms with van der Waals surface area (Å²) in [7, 11) is 2.83. The molecule has 34 heavy (non-hydrogen) atoms. The van der Waals surface area contributed by atoms with E-state index in [9.17, 15) is 14.4 Å². The van der Waals surface area contributed by atoms with E-state index in [2.05, 4.69) is 10.6 Å². The average Bonchev–Trinajstić information content (AvgIpc) is 2.83. The third-order valence-corrected chi connectivity index (χ3v) is 5.11. The number of hydrogen-bond acceptors (Lipinski definition) is 6. The van der Waals surface area contributed by atoms with Crippen LogP contribution in [0.15, 0.2) is 60.7 Å². The van der Waals surface area contributed by atoms with Gasteiger partial charge in [0.05, 0.1) is 36.1 Å². The van der Waals surface area contributed by atoms with Crippen LogP contribution in [0.3, 0.4) is 0 Å². The first kappa shape index (κ1) is 24.6. The Morgan fingerprint density at radius 3 is 2.15 bits per heavy atom. The molecule has 0 aliphatic heterocycles. The molecule has 3 aromatic rings. The predicted octanol–water partition coefficient (Wildman–Crippen LogP) is 4.71. The lowest BCUT2D eigenvalue weighted by Gasteiger charge is -2.15. The van der Waals surface area contributed by atoms with Gasteiger partial charge in [0.25, 0.3) is 11.8 Å². The number of ether oxygens (including phenoxy) is 3. The van der Waals surface area contributed by atoms with Crippen molar-refractivity contribution in [3.63, 3.8) is 0 Å². The first-order valence-corrected chi connectivity index (χ1v) is 10.6. The van der Waals surface area contributed by atoms with E-state index in [-0.39, 0.29) is 33.3 Å². The summed E-state index contributed by atoms with van der Waals surface area (Å²) in [6.07, 6.45) is 0. The summed E-state index contributed by atoms with van der Waals surface area (Å²) in [5.74, 6) is -1.36. The fourth-order valence-electron chi connectivity index (χ4n) is 3.03. The first-order valence-electron chi connectivity index (χ1n) is 10.2. The van der Waals surface area contributed by atoms with Crippen LogP contribution in [0.5, 0.6) is 11.5 Å². The van der Waals surface area contributed by atoms with E-state index in [0.29, 0.717) is 5.69 Å². The van der Waals surface area contributed by atoms with Gasteiger partial charge in [0, 0.05) is 17.8 Å². The SMILES string of the molecule is COc1cc(NC(=O)c2ccccc2Cl)c(C(=O)OCC(=O)Nc2ccc(C)cc2)cc1OC. The highest BCUT2D eigenvalue weighted by Crippen LogP contribution is 2.34. The lowest BCUT2D eigenvalue weighted by molar-refractivity contribution is -0.119. The van der Waals surface area contributed by atoms with Crippen LogP contribution in [0.2, 0.25) is 5.02 Å². The van der Waals surface area contributed by atoms with Crippen molar-refractivity contribution in [3.05, 3.63) is 82.4 Å². The fourth-order valence-corrected chi connectivity index (χ4v) is 3.25. The van der Waals surface area contributed by atoms with Gasteiger partial charge in [0.15, 0.2) is 18.1 Å². The number of halogens is 1. The highest BCUT2D eigenvalue weighted by Gasteiger charge is 2.22. The fraction of sp³-hybridized carbons (Fsp3) is 0.160. The lowest BCUT2D eigenvalue weighted by atomic mass is 10.1. The number of anilines is 2. The van der Waals surface area contributed by atoms with E-state index in [1.165, 1.54) is 26.4 Å². The van der Waals surface area contributed by atoms with Gasteiger partial charge in [-0.2, -0.15) is 0 Å². The molecule has 3 rings (SSSR count). The number of amides is 2. The summed E-state index contributed by atoms with van der Waals surface area (Å²) < 4.78 is 15.7. The number of carbonyl (C=O) groups excluding carboxylic acids is 3. The van der Waals surface area contributed by atoms with Crippen molar-refractivity contribution in [2.24, 2.45) is 0 Å². The smallest absolute Gasteiger partial charge is 0.340 e. The van der Waals surface area contributed by atoms with Gasteiger partial charge < -0.3 is 24.8 Å². The Balaban J connectivity index is 1.80. The second-order valence-electron chi connectivity index (χ2n) is 7.18. The molecule has 9 heteroatoms. The predicted molar refractivity (Wildman–Crippen MR) is 129 cm³/mol. The zero-order valence-electron chi connectivity index (χ0n) is 18.8. The van der Waals surface area contributed by atoms with Crippen LogP contribution in [0.4, 0.5) is 11.4 Å². The summed E-state index contributed by atoms with van der Waals surface area (Å²) in [5, 5.41) is 5.54. The van der Waals surface area contributed by atoms with Crippen LogP contribution in [-0.2, 0) is 9.53 Å². The maximum atomic E-state index is 12.8. The molecule has 0 aliphatic rings. The molecule has 0 atom stereocenters. The highest BCUT2D eigenvalue weighted by molar-refractivity contribution is 6.34. The molecular formula is C25H23ClN2O6.